The Balaban J connectivity index is 1.32. The van der Waals surface area contributed by atoms with E-state index in [1.54, 1.807) is 0 Å². The van der Waals surface area contributed by atoms with Gasteiger partial charge < -0.3 is 15.5 Å². The quantitative estimate of drug-likeness (QED) is 0.602. The number of aliphatic imine (C=N–C) groups is 1. The molecule has 7 nitrogen and oxygen atoms in total. The number of hydrogen-bond acceptors (Lipinski definition) is 4. The van der Waals surface area contributed by atoms with Crippen molar-refractivity contribution < 1.29 is 0 Å². The fourth-order valence-corrected chi connectivity index (χ4v) is 4.16. The Kier molecular flexibility index (Phi) is 6.02. The van der Waals surface area contributed by atoms with Gasteiger partial charge in [-0.25, -0.2) is 4.98 Å². The number of nitrogens with one attached hydrogen (secondary N) is 2. The van der Waals surface area contributed by atoms with Crippen molar-refractivity contribution in [2.45, 2.75) is 64.6 Å². The van der Waals surface area contributed by atoms with Crippen LogP contribution in [0.5, 0.6) is 0 Å². The summed E-state index contributed by atoms with van der Waals surface area (Å²) in [7, 11) is 1.83. The summed E-state index contributed by atoms with van der Waals surface area (Å²) in [5.74, 6) is 1.94. The van der Waals surface area contributed by atoms with Gasteiger partial charge in [-0.1, -0.05) is 0 Å². The monoisotopic (exact) mass is 395 g/mol. The van der Waals surface area contributed by atoms with Crippen LogP contribution in [0.2, 0.25) is 0 Å². The van der Waals surface area contributed by atoms with Crippen LogP contribution in [0.25, 0.3) is 0 Å². The van der Waals surface area contributed by atoms with E-state index < -0.39 is 0 Å². The first-order valence-corrected chi connectivity index (χ1v) is 10.9. The zero-order chi connectivity index (χ0) is 20.2. The second kappa shape index (κ2) is 8.84. The van der Waals surface area contributed by atoms with Gasteiger partial charge in [-0.2, -0.15) is 5.10 Å². The lowest BCUT2D eigenvalue weighted by Gasteiger charge is -2.24. The molecule has 2 aromatic heterocycles. The van der Waals surface area contributed by atoms with E-state index in [4.69, 9.17) is 5.10 Å². The first-order valence-electron chi connectivity index (χ1n) is 10.9. The minimum atomic E-state index is 0.363. The van der Waals surface area contributed by atoms with Crippen molar-refractivity contribution in [1.82, 2.24) is 25.4 Å². The lowest BCUT2D eigenvalue weighted by molar-refractivity contribution is 0.499. The molecule has 0 radical (unpaired) electrons. The van der Waals surface area contributed by atoms with E-state index in [-0.39, 0.29) is 0 Å². The Morgan fingerprint density at radius 2 is 2.14 bits per heavy atom. The van der Waals surface area contributed by atoms with Crippen LogP contribution in [0.3, 0.4) is 0 Å². The average molecular weight is 396 g/mol. The third-order valence-electron chi connectivity index (χ3n) is 5.89. The molecule has 1 fully saturated rings. The minimum absolute atomic E-state index is 0.363. The molecule has 1 saturated heterocycles. The maximum Gasteiger partial charge on any atom is 0.191 e. The van der Waals surface area contributed by atoms with Crippen LogP contribution in [0.4, 0.5) is 5.82 Å². The molecule has 156 valence electrons. The van der Waals surface area contributed by atoms with Gasteiger partial charge in [0, 0.05) is 57.6 Å². The highest BCUT2D eigenvalue weighted by atomic mass is 15.3. The fraction of sp³-hybridized carbons (Fsp3) is 0.591. The lowest BCUT2D eigenvalue weighted by atomic mass is 9.94. The highest BCUT2D eigenvalue weighted by molar-refractivity contribution is 5.80. The van der Waals surface area contributed by atoms with Crippen LogP contribution < -0.4 is 15.5 Å². The third kappa shape index (κ3) is 4.71. The number of rotatable bonds is 5. The van der Waals surface area contributed by atoms with Crippen LogP contribution in [-0.4, -0.2) is 46.9 Å². The van der Waals surface area contributed by atoms with Gasteiger partial charge in [0.25, 0.3) is 0 Å². The normalized spacial score (nSPS) is 19.5. The predicted molar refractivity (Wildman–Crippen MR) is 117 cm³/mol. The highest BCUT2D eigenvalue weighted by Crippen LogP contribution is 2.22. The molecule has 1 atom stereocenters. The van der Waals surface area contributed by atoms with Crippen molar-refractivity contribution in [1.29, 1.82) is 0 Å². The second-order valence-corrected chi connectivity index (χ2v) is 8.40. The topological polar surface area (TPSA) is 70.4 Å². The Hall–Kier alpha value is -2.57. The fourth-order valence-electron chi connectivity index (χ4n) is 4.16. The number of fused-ring (bicyclic) bond motifs is 1. The Morgan fingerprint density at radius 3 is 2.90 bits per heavy atom. The smallest absolute Gasteiger partial charge is 0.191 e. The van der Waals surface area contributed by atoms with Crippen molar-refractivity contribution >= 4 is 11.8 Å². The van der Waals surface area contributed by atoms with Gasteiger partial charge in [0.05, 0.1) is 5.69 Å². The first-order chi connectivity index (χ1) is 14.1. The van der Waals surface area contributed by atoms with Gasteiger partial charge in [0.2, 0.25) is 0 Å². The number of anilines is 1. The van der Waals surface area contributed by atoms with Gasteiger partial charge in [-0.05, 0) is 62.8 Å². The summed E-state index contributed by atoms with van der Waals surface area (Å²) in [6.07, 6.45) is 9.77. The van der Waals surface area contributed by atoms with E-state index in [9.17, 15) is 0 Å². The highest BCUT2D eigenvalue weighted by Gasteiger charge is 2.23. The van der Waals surface area contributed by atoms with E-state index >= 15 is 0 Å². The molecule has 7 heteroatoms. The SMILES string of the molecule is CN=C(NCc1ccnc(N2CCCC2)c1)NC1CCc2cn(C(C)C)nc2C1. The van der Waals surface area contributed by atoms with Crippen molar-refractivity contribution in [3.63, 3.8) is 0 Å². The summed E-state index contributed by atoms with van der Waals surface area (Å²) >= 11 is 0. The van der Waals surface area contributed by atoms with E-state index in [0.29, 0.717) is 12.1 Å². The molecular weight excluding hydrogens is 362 g/mol. The van der Waals surface area contributed by atoms with E-state index in [2.05, 4.69) is 62.4 Å². The second-order valence-electron chi connectivity index (χ2n) is 8.40. The van der Waals surface area contributed by atoms with Crippen molar-refractivity contribution in [2.75, 3.05) is 25.0 Å². The Morgan fingerprint density at radius 1 is 1.31 bits per heavy atom. The molecule has 1 aliphatic carbocycles. The molecule has 4 rings (SSSR count). The molecule has 2 aliphatic rings. The van der Waals surface area contributed by atoms with Crippen LogP contribution in [0.1, 0.15) is 56.0 Å². The maximum atomic E-state index is 4.78. The zero-order valence-corrected chi connectivity index (χ0v) is 17.9. The summed E-state index contributed by atoms with van der Waals surface area (Å²) in [5.41, 5.74) is 3.85. The largest absolute Gasteiger partial charge is 0.357 e. The molecule has 2 N–H and O–H groups in total. The van der Waals surface area contributed by atoms with Crippen LogP contribution in [0.15, 0.2) is 29.5 Å². The molecule has 0 bridgehead atoms. The summed E-state index contributed by atoms with van der Waals surface area (Å²) in [5, 5.41) is 11.8. The Labute approximate surface area is 173 Å². The molecular formula is C22H33N7. The standard InChI is InChI=1S/C22H33N7/c1-16(2)29-15-18-6-7-19(13-20(18)27-29)26-22(23-3)25-14-17-8-9-24-21(12-17)28-10-4-5-11-28/h8-9,12,15-16,19H,4-7,10-11,13-14H2,1-3H3,(H2,23,25,26). The summed E-state index contributed by atoms with van der Waals surface area (Å²) in [4.78, 5) is 11.3. The Bertz CT molecular complexity index is 849. The number of nitrogens with zero attached hydrogens (tertiary/aromatic N) is 5. The minimum Gasteiger partial charge on any atom is -0.357 e. The molecule has 0 aromatic carbocycles. The summed E-state index contributed by atoms with van der Waals surface area (Å²) in [6.45, 7) is 7.32. The molecule has 0 amide bonds. The van der Waals surface area contributed by atoms with Crippen LogP contribution in [0, 0.1) is 0 Å². The van der Waals surface area contributed by atoms with E-state index in [0.717, 1.165) is 50.7 Å². The molecule has 0 saturated carbocycles. The van der Waals surface area contributed by atoms with Crippen LogP contribution >= 0.6 is 0 Å². The van der Waals surface area contributed by atoms with Gasteiger partial charge in [-0.15, -0.1) is 0 Å². The molecule has 2 aromatic rings. The van der Waals surface area contributed by atoms with Crippen molar-refractivity contribution in [3.05, 3.63) is 41.3 Å². The van der Waals surface area contributed by atoms with Gasteiger partial charge >= 0.3 is 0 Å². The first kappa shape index (κ1) is 19.7. The molecule has 0 spiro atoms. The molecule has 29 heavy (non-hydrogen) atoms. The number of hydrogen-bond donors (Lipinski definition) is 2. The number of guanidine groups is 1. The summed E-state index contributed by atoms with van der Waals surface area (Å²) < 4.78 is 2.08. The van der Waals surface area contributed by atoms with Gasteiger partial charge in [0.15, 0.2) is 5.96 Å². The maximum absolute atomic E-state index is 4.78. The zero-order valence-electron chi connectivity index (χ0n) is 17.9. The van der Waals surface area contributed by atoms with E-state index in [1.807, 2.05) is 13.2 Å². The third-order valence-corrected chi connectivity index (χ3v) is 5.89. The van der Waals surface area contributed by atoms with Crippen molar-refractivity contribution in [2.24, 2.45) is 4.99 Å². The number of pyridine rings is 1. The van der Waals surface area contributed by atoms with Crippen LogP contribution in [-0.2, 0) is 19.4 Å². The molecule has 1 aliphatic heterocycles. The predicted octanol–water partition coefficient (Wildman–Crippen LogP) is 2.68. The number of aromatic nitrogens is 3. The molecule has 3 heterocycles. The van der Waals surface area contributed by atoms with Gasteiger partial charge in [0.1, 0.15) is 5.82 Å². The molecule has 1 unspecified atom stereocenters. The van der Waals surface area contributed by atoms with E-state index in [1.165, 1.54) is 29.7 Å². The lowest BCUT2D eigenvalue weighted by Crippen LogP contribution is -2.45. The summed E-state index contributed by atoms with van der Waals surface area (Å²) in [6, 6.07) is 5.04. The average Bonchev–Trinajstić information content (AvgIpc) is 3.41. The van der Waals surface area contributed by atoms with Gasteiger partial charge in [-0.3, -0.25) is 9.67 Å². The van der Waals surface area contributed by atoms with Crippen molar-refractivity contribution in [3.8, 4) is 0 Å². The number of aryl methyl sites for hydroxylation is 1.